The average Bonchev–Trinajstić information content (AvgIpc) is 3.18. The average molecular weight is 473 g/mol. The van der Waals surface area contributed by atoms with Crippen LogP contribution in [-0.4, -0.2) is 33.1 Å². The predicted octanol–water partition coefficient (Wildman–Crippen LogP) is 3.22. The maximum atomic E-state index is 13.3. The molecule has 9 nitrogen and oxygen atoms in total. The van der Waals surface area contributed by atoms with Crippen molar-refractivity contribution in [3.8, 4) is 0 Å². The zero-order valence-corrected chi connectivity index (χ0v) is 19.4. The van der Waals surface area contributed by atoms with Crippen molar-refractivity contribution in [2.24, 2.45) is 18.5 Å². The summed E-state index contributed by atoms with van der Waals surface area (Å²) in [7, 11) is 1.98. The van der Waals surface area contributed by atoms with Crippen molar-refractivity contribution in [2.45, 2.75) is 19.1 Å². The van der Waals surface area contributed by atoms with Crippen LogP contribution in [0.25, 0.3) is 10.9 Å². The van der Waals surface area contributed by atoms with Crippen molar-refractivity contribution in [2.75, 3.05) is 16.8 Å². The van der Waals surface area contributed by atoms with Crippen LogP contribution >= 0.6 is 0 Å². The van der Waals surface area contributed by atoms with Crippen LogP contribution in [0.2, 0.25) is 0 Å². The zero-order valence-electron chi connectivity index (χ0n) is 19.4. The Morgan fingerprint density at radius 3 is 2.51 bits per heavy atom. The number of benzene rings is 2. The molecule has 0 aliphatic carbocycles. The topological polar surface area (TPSA) is 140 Å². The number of fused-ring (bicyclic) bond motifs is 1. The number of carboxylic acid groups (broad SMARTS) is 1. The Kier molecular flexibility index (Phi) is 7.09. The van der Waals surface area contributed by atoms with E-state index >= 15 is 0 Å². The Hall–Kier alpha value is -4.21. The van der Waals surface area contributed by atoms with Gasteiger partial charge in [0.2, 0.25) is 0 Å². The number of aliphatic carboxylic acids is 1. The third kappa shape index (κ3) is 5.48. The third-order valence-electron chi connectivity index (χ3n) is 5.88. The molecule has 35 heavy (non-hydrogen) atoms. The molecule has 2 aromatic heterocycles. The SMILES string of the molecule is Cn1c(CNc2ccc(C(N)N)cc2)cc2cc(C(=O)N(CCC(=O)O)c3ccccn3)ccc21. The van der Waals surface area contributed by atoms with Crippen molar-refractivity contribution in [3.63, 3.8) is 0 Å². The van der Waals surface area contributed by atoms with Gasteiger partial charge in [0.15, 0.2) is 0 Å². The van der Waals surface area contributed by atoms with Crippen LogP contribution in [0, 0.1) is 0 Å². The van der Waals surface area contributed by atoms with E-state index in [4.69, 9.17) is 16.6 Å². The van der Waals surface area contributed by atoms with Gasteiger partial charge in [-0.2, -0.15) is 0 Å². The van der Waals surface area contributed by atoms with Crippen LogP contribution in [-0.2, 0) is 18.4 Å². The molecule has 1 amide bonds. The number of nitrogens with two attached hydrogens (primary N) is 2. The summed E-state index contributed by atoms with van der Waals surface area (Å²) in [5, 5.41) is 13.4. The third-order valence-corrected chi connectivity index (χ3v) is 5.88. The van der Waals surface area contributed by atoms with E-state index in [1.165, 1.54) is 4.90 Å². The van der Waals surface area contributed by atoms with Gasteiger partial charge in [-0.3, -0.25) is 14.5 Å². The normalized spacial score (nSPS) is 11.1. The number of aromatic nitrogens is 2. The highest BCUT2D eigenvalue weighted by atomic mass is 16.4. The quantitative estimate of drug-likeness (QED) is 0.274. The first kappa shape index (κ1) is 23.9. The molecule has 0 saturated carbocycles. The number of amides is 1. The zero-order chi connectivity index (χ0) is 24.9. The van der Waals surface area contributed by atoms with E-state index in [1.54, 1.807) is 30.5 Å². The molecule has 0 fully saturated rings. The lowest BCUT2D eigenvalue weighted by molar-refractivity contribution is -0.136. The minimum atomic E-state index is -0.977. The smallest absolute Gasteiger partial charge is 0.305 e. The Balaban J connectivity index is 1.55. The van der Waals surface area contributed by atoms with E-state index in [2.05, 4.69) is 14.9 Å². The van der Waals surface area contributed by atoms with Crippen molar-refractivity contribution >= 4 is 34.3 Å². The maximum Gasteiger partial charge on any atom is 0.305 e. The van der Waals surface area contributed by atoms with Gasteiger partial charge in [0, 0.05) is 47.6 Å². The van der Waals surface area contributed by atoms with Gasteiger partial charge in [-0.25, -0.2) is 4.98 Å². The molecule has 2 heterocycles. The minimum absolute atomic E-state index is 0.0288. The predicted molar refractivity (Wildman–Crippen MR) is 136 cm³/mol. The molecular weight excluding hydrogens is 444 g/mol. The van der Waals surface area contributed by atoms with Crippen molar-refractivity contribution in [3.05, 3.63) is 89.7 Å². The number of hydrogen-bond donors (Lipinski definition) is 4. The molecule has 0 spiro atoms. The number of nitrogens with zero attached hydrogens (tertiary/aromatic N) is 3. The summed E-state index contributed by atoms with van der Waals surface area (Å²) in [6, 6.07) is 20.4. The summed E-state index contributed by atoms with van der Waals surface area (Å²) in [4.78, 5) is 30.1. The molecule has 0 saturated heterocycles. The molecule has 2 aromatic carbocycles. The van der Waals surface area contributed by atoms with Gasteiger partial charge in [-0.05, 0) is 54.1 Å². The molecule has 4 rings (SSSR count). The number of pyridine rings is 1. The van der Waals surface area contributed by atoms with E-state index < -0.39 is 12.1 Å². The van der Waals surface area contributed by atoms with Gasteiger partial charge in [0.1, 0.15) is 5.82 Å². The molecule has 9 heteroatoms. The van der Waals surface area contributed by atoms with Gasteiger partial charge in [0.05, 0.1) is 19.1 Å². The number of nitrogens with one attached hydrogen (secondary N) is 1. The number of rotatable bonds is 9. The first-order valence-electron chi connectivity index (χ1n) is 11.2. The fraction of sp³-hybridized carbons (Fsp3) is 0.192. The number of hydrogen-bond acceptors (Lipinski definition) is 6. The van der Waals surface area contributed by atoms with E-state index in [9.17, 15) is 9.59 Å². The standard InChI is InChI=1S/C26H28N6O3/c1-31-21(16-30-20-8-5-17(6-9-20)25(27)28)15-19-14-18(7-10-22(19)31)26(35)32(13-11-24(33)34)23-4-2-3-12-29-23/h2-10,12,14-15,25,30H,11,13,16,27-28H2,1H3,(H,33,34). The summed E-state index contributed by atoms with van der Waals surface area (Å²) in [5.41, 5.74) is 15.7. The second kappa shape index (κ2) is 10.4. The van der Waals surface area contributed by atoms with Crippen LogP contribution in [0.4, 0.5) is 11.5 Å². The molecule has 0 aliphatic heterocycles. The van der Waals surface area contributed by atoms with Crippen LogP contribution in [0.5, 0.6) is 0 Å². The van der Waals surface area contributed by atoms with E-state index in [1.807, 2.05) is 49.5 Å². The summed E-state index contributed by atoms with van der Waals surface area (Å²) >= 11 is 0. The highest BCUT2D eigenvalue weighted by Gasteiger charge is 2.20. The Bertz CT molecular complexity index is 1330. The lowest BCUT2D eigenvalue weighted by Crippen LogP contribution is -2.33. The molecule has 4 aromatic rings. The lowest BCUT2D eigenvalue weighted by atomic mass is 10.1. The van der Waals surface area contributed by atoms with E-state index in [0.717, 1.165) is 27.8 Å². The fourth-order valence-corrected chi connectivity index (χ4v) is 3.92. The first-order valence-corrected chi connectivity index (χ1v) is 11.2. The number of carboxylic acids is 1. The van der Waals surface area contributed by atoms with Gasteiger partial charge in [0.25, 0.3) is 5.91 Å². The molecule has 0 atom stereocenters. The molecule has 180 valence electrons. The summed E-state index contributed by atoms with van der Waals surface area (Å²) < 4.78 is 2.07. The van der Waals surface area contributed by atoms with E-state index in [-0.39, 0.29) is 18.9 Å². The molecule has 0 unspecified atom stereocenters. The summed E-state index contributed by atoms with van der Waals surface area (Å²) in [5.74, 6) is -0.859. The van der Waals surface area contributed by atoms with Gasteiger partial charge >= 0.3 is 5.97 Å². The second-order valence-corrected chi connectivity index (χ2v) is 8.26. The van der Waals surface area contributed by atoms with Crippen molar-refractivity contribution in [1.82, 2.24) is 9.55 Å². The van der Waals surface area contributed by atoms with E-state index in [0.29, 0.717) is 17.9 Å². The minimum Gasteiger partial charge on any atom is -0.481 e. The number of carbonyl (C=O) groups is 2. The van der Waals surface area contributed by atoms with Crippen molar-refractivity contribution < 1.29 is 14.7 Å². The highest BCUT2D eigenvalue weighted by molar-refractivity contribution is 6.07. The summed E-state index contributed by atoms with van der Waals surface area (Å²) in [6.07, 6.45) is 0.898. The number of aryl methyl sites for hydroxylation is 1. The van der Waals surface area contributed by atoms with Crippen LogP contribution in [0.3, 0.4) is 0 Å². The van der Waals surface area contributed by atoms with Gasteiger partial charge < -0.3 is 26.5 Å². The molecule has 0 aliphatic rings. The fourth-order valence-electron chi connectivity index (χ4n) is 3.92. The van der Waals surface area contributed by atoms with Gasteiger partial charge in [-0.1, -0.05) is 18.2 Å². The number of anilines is 2. The summed E-state index contributed by atoms with van der Waals surface area (Å²) in [6.45, 7) is 0.613. The number of carbonyl (C=O) groups excluding carboxylic acids is 1. The largest absolute Gasteiger partial charge is 0.481 e. The molecule has 0 radical (unpaired) electrons. The molecular formula is C26H28N6O3. The van der Waals surface area contributed by atoms with Crippen molar-refractivity contribution in [1.29, 1.82) is 0 Å². The van der Waals surface area contributed by atoms with Crippen LogP contribution in [0.15, 0.2) is 72.9 Å². The van der Waals surface area contributed by atoms with Crippen LogP contribution in [0.1, 0.15) is 34.2 Å². The van der Waals surface area contributed by atoms with Crippen LogP contribution < -0.4 is 21.7 Å². The Morgan fingerprint density at radius 2 is 1.86 bits per heavy atom. The maximum absolute atomic E-state index is 13.3. The molecule has 6 N–H and O–H groups in total. The Morgan fingerprint density at radius 1 is 1.09 bits per heavy atom. The monoisotopic (exact) mass is 472 g/mol. The highest BCUT2D eigenvalue weighted by Crippen LogP contribution is 2.23. The first-order chi connectivity index (χ1) is 16.8. The second-order valence-electron chi connectivity index (χ2n) is 8.26. The van der Waals surface area contributed by atoms with Gasteiger partial charge in [-0.15, -0.1) is 0 Å². The molecule has 0 bridgehead atoms. The lowest BCUT2D eigenvalue weighted by Gasteiger charge is -2.21. The Labute approximate surface area is 203 Å².